The molecule has 0 spiro atoms. The minimum absolute atomic E-state index is 0.00174. The molecule has 126 valence electrons. The molecule has 1 aromatic carbocycles. The quantitative estimate of drug-likeness (QED) is 0.848. The zero-order chi connectivity index (χ0) is 16.8. The highest BCUT2D eigenvalue weighted by molar-refractivity contribution is 5.81. The molecular formula is C19H22N2O3. The van der Waals surface area contributed by atoms with Gasteiger partial charge in [-0.1, -0.05) is 18.2 Å². The molecule has 3 rings (SSSR count). The first kappa shape index (κ1) is 16.3. The molecule has 5 nitrogen and oxygen atoms in total. The van der Waals surface area contributed by atoms with Crippen molar-refractivity contribution in [2.75, 3.05) is 13.1 Å². The van der Waals surface area contributed by atoms with Gasteiger partial charge >= 0.3 is 0 Å². The molecule has 1 fully saturated rings. The zero-order valence-electron chi connectivity index (χ0n) is 13.8. The summed E-state index contributed by atoms with van der Waals surface area (Å²) >= 11 is 0. The van der Waals surface area contributed by atoms with Crippen molar-refractivity contribution >= 4 is 5.91 Å². The lowest BCUT2D eigenvalue weighted by molar-refractivity contribution is -0.140. The van der Waals surface area contributed by atoms with Crippen LogP contribution >= 0.6 is 0 Å². The summed E-state index contributed by atoms with van der Waals surface area (Å²) in [6.45, 7) is 3.13. The monoisotopic (exact) mass is 326 g/mol. The molecular weight excluding hydrogens is 304 g/mol. The lowest BCUT2D eigenvalue weighted by Gasteiger charge is -2.34. The summed E-state index contributed by atoms with van der Waals surface area (Å²) in [5, 5.41) is 0. The molecule has 24 heavy (non-hydrogen) atoms. The molecule has 0 radical (unpaired) electrons. The smallest absolute Gasteiger partial charge is 0.263 e. The molecule has 2 unspecified atom stereocenters. The molecule has 1 aromatic heterocycles. The molecule has 2 atom stereocenters. The Labute approximate surface area is 142 Å². The highest BCUT2D eigenvalue weighted by Crippen LogP contribution is 2.19. The van der Waals surface area contributed by atoms with Crippen molar-refractivity contribution in [3.8, 4) is 11.5 Å². The van der Waals surface area contributed by atoms with E-state index in [2.05, 4.69) is 4.98 Å². The standard InChI is InChI=1S/C19H22N2O3/c1-15(23-16-6-3-2-4-7-16)19(22)21-13-5-8-18(14-21)24-17-9-11-20-12-10-17/h2-4,6-7,9-12,15,18H,5,8,13-14H2,1H3. The van der Waals surface area contributed by atoms with E-state index in [-0.39, 0.29) is 12.0 Å². The van der Waals surface area contributed by atoms with Crippen LogP contribution in [0.4, 0.5) is 0 Å². The van der Waals surface area contributed by atoms with Gasteiger partial charge < -0.3 is 14.4 Å². The predicted molar refractivity (Wildman–Crippen MR) is 91.0 cm³/mol. The summed E-state index contributed by atoms with van der Waals surface area (Å²) in [6.07, 6.45) is 4.79. The van der Waals surface area contributed by atoms with E-state index in [4.69, 9.17) is 9.47 Å². The van der Waals surface area contributed by atoms with Gasteiger partial charge in [-0.2, -0.15) is 0 Å². The summed E-state index contributed by atoms with van der Waals surface area (Å²) in [4.78, 5) is 18.5. The van der Waals surface area contributed by atoms with Crippen molar-refractivity contribution in [3.63, 3.8) is 0 Å². The molecule has 0 aliphatic carbocycles. The van der Waals surface area contributed by atoms with Gasteiger partial charge in [0.15, 0.2) is 6.10 Å². The third-order valence-corrected chi connectivity index (χ3v) is 4.05. The molecule has 1 saturated heterocycles. The van der Waals surface area contributed by atoms with Crippen LogP contribution in [0.5, 0.6) is 11.5 Å². The SMILES string of the molecule is CC(Oc1ccccc1)C(=O)N1CCCC(Oc2ccncc2)C1. The van der Waals surface area contributed by atoms with E-state index >= 15 is 0 Å². The molecule has 0 bridgehead atoms. The molecule has 1 aliphatic heterocycles. The van der Waals surface area contributed by atoms with Gasteiger partial charge in [0.25, 0.3) is 5.91 Å². The van der Waals surface area contributed by atoms with Crippen LogP contribution in [-0.4, -0.2) is 41.1 Å². The first-order valence-electron chi connectivity index (χ1n) is 8.29. The number of likely N-dealkylation sites (tertiary alicyclic amines) is 1. The number of para-hydroxylation sites is 1. The second-order valence-corrected chi connectivity index (χ2v) is 5.92. The van der Waals surface area contributed by atoms with E-state index in [0.717, 1.165) is 25.1 Å². The van der Waals surface area contributed by atoms with Crippen LogP contribution in [-0.2, 0) is 4.79 Å². The number of hydrogen-bond acceptors (Lipinski definition) is 4. The van der Waals surface area contributed by atoms with Gasteiger partial charge in [-0.05, 0) is 44.0 Å². The third-order valence-electron chi connectivity index (χ3n) is 4.05. The second-order valence-electron chi connectivity index (χ2n) is 5.92. The van der Waals surface area contributed by atoms with Crippen molar-refractivity contribution in [2.24, 2.45) is 0 Å². The van der Waals surface area contributed by atoms with E-state index < -0.39 is 6.10 Å². The number of hydrogen-bond donors (Lipinski definition) is 0. The topological polar surface area (TPSA) is 51.7 Å². The minimum atomic E-state index is -0.507. The van der Waals surface area contributed by atoms with Crippen molar-refractivity contribution < 1.29 is 14.3 Å². The Hall–Kier alpha value is -2.56. The fourth-order valence-electron chi connectivity index (χ4n) is 2.85. The molecule has 2 heterocycles. The second kappa shape index (κ2) is 7.81. The van der Waals surface area contributed by atoms with Gasteiger partial charge in [-0.25, -0.2) is 0 Å². The van der Waals surface area contributed by atoms with E-state index in [1.807, 2.05) is 47.4 Å². The van der Waals surface area contributed by atoms with Crippen LogP contribution in [0.1, 0.15) is 19.8 Å². The molecule has 5 heteroatoms. The van der Waals surface area contributed by atoms with Crippen molar-refractivity contribution in [1.29, 1.82) is 0 Å². The maximum absolute atomic E-state index is 12.6. The Morgan fingerprint density at radius 3 is 2.67 bits per heavy atom. The molecule has 0 saturated carbocycles. The normalized spacial score (nSPS) is 18.7. The van der Waals surface area contributed by atoms with Gasteiger partial charge in [0.1, 0.15) is 17.6 Å². The Bertz CT molecular complexity index is 648. The lowest BCUT2D eigenvalue weighted by atomic mass is 10.1. The number of pyridine rings is 1. The first-order valence-corrected chi connectivity index (χ1v) is 8.29. The van der Waals surface area contributed by atoms with Crippen LogP contribution < -0.4 is 9.47 Å². The third kappa shape index (κ3) is 4.25. The number of carbonyl (C=O) groups excluding carboxylic acids is 1. The van der Waals surface area contributed by atoms with Crippen LogP contribution in [0.25, 0.3) is 0 Å². The molecule has 2 aromatic rings. The van der Waals surface area contributed by atoms with E-state index in [9.17, 15) is 4.79 Å². The van der Waals surface area contributed by atoms with E-state index in [1.165, 1.54) is 0 Å². The van der Waals surface area contributed by atoms with E-state index in [0.29, 0.717) is 12.3 Å². The average Bonchev–Trinajstić information content (AvgIpc) is 2.63. The Morgan fingerprint density at radius 2 is 1.92 bits per heavy atom. The minimum Gasteiger partial charge on any atom is -0.488 e. The fraction of sp³-hybridized carbons (Fsp3) is 0.368. The number of ether oxygens (including phenoxy) is 2. The van der Waals surface area contributed by atoms with Gasteiger partial charge in [0, 0.05) is 18.9 Å². The summed E-state index contributed by atoms with van der Waals surface area (Å²) in [5.41, 5.74) is 0. The van der Waals surface area contributed by atoms with Crippen molar-refractivity contribution in [1.82, 2.24) is 9.88 Å². The van der Waals surface area contributed by atoms with Crippen molar-refractivity contribution in [2.45, 2.75) is 32.0 Å². The van der Waals surface area contributed by atoms with Crippen molar-refractivity contribution in [3.05, 3.63) is 54.9 Å². The highest BCUT2D eigenvalue weighted by atomic mass is 16.5. The molecule has 0 N–H and O–H groups in total. The largest absolute Gasteiger partial charge is 0.488 e. The van der Waals surface area contributed by atoms with Gasteiger partial charge in [-0.3, -0.25) is 9.78 Å². The Morgan fingerprint density at radius 1 is 1.17 bits per heavy atom. The maximum Gasteiger partial charge on any atom is 0.263 e. The van der Waals surface area contributed by atoms with Crippen LogP contribution in [0.3, 0.4) is 0 Å². The number of nitrogens with zero attached hydrogens (tertiary/aromatic N) is 2. The van der Waals surface area contributed by atoms with Crippen LogP contribution in [0, 0.1) is 0 Å². The number of benzene rings is 1. The van der Waals surface area contributed by atoms with Crippen LogP contribution in [0.15, 0.2) is 54.9 Å². The van der Waals surface area contributed by atoms with Crippen LogP contribution in [0.2, 0.25) is 0 Å². The number of piperidine rings is 1. The fourth-order valence-corrected chi connectivity index (χ4v) is 2.85. The summed E-state index contributed by atoms with van der Waals surface area (Å²) in [6, 6.07) is 13.1. The summed E-state index contributed by atoms with van der Waals surface area (Å²) in [5.74, 6) is 1.50. The molecule has 1 amide bonds. The number of carbonyl (C=O) groups is 1. The first-order chi connectivity index (χ1) is 11.7. The van der Waals surface area contributed by atoms with Gasteiger partial charge in [-0.15, -0.1) is 0 Å². The average molecular weight is 326 g/mol. The Balaban J connectivity index is 1.56. The molecule has 1 aliphatic rings. The number of amides is 1. The van der Waals surface area contributed by atoms with E-state index in [1.54, 1.807) is 19.3 Å². The number of rotatable bonds is 5. The lowest BCUT2D eigenvalue weighted by Crippen LogP contribution is -2.48. The number of aromatic nitrogens is 1. The summed E-state index contributed by atoms with van der Waals surface area (Å²) < 4.78 is 11.7. The van der Waals surface area contributed by atoms with Gasteiger partial charge in [0.2, 0.25) is 0 Å². The summed E-state index contributed by atoms with van der Waals surface area (Å²) in [7, 11) is 0. The Kier molecular flexibility index (Phi) is 5.31. The highest BCUT2D eigenvalue weighted by Gasteiger charge is 2.28. The predicted octanol–water partition coefficient (Wildman–Crippen LogP) is 2.92. The zero-order valence-corrected chi connectivity index (χ0v) is 13.8. The van der Waals surface area contributed by atoms with Gasteiger partial charge in [0.05, 0.1) is 6.54 Å². The maximum atomic E-state index is 12.6.